The Morgan fingerprint density at radius 2 is 2.00 bits per heavy atom. The van der Waals surface area contributed by atoms with E-state index >= 15 is 0 Å². The minimum Gasteiger partial charge on any atom is -0.341 e. The van der Waals surface area contributed by atoms with E-state index in [-0.39, 0.29) is 5.82 Å². The van der Waals surface area contributed by atoms with Gasteiger partial charge in [-0.15, -0.1) is 0 Å². The molecule has 0 bridgehead atoms. The normalized spacial score (nSPS) is 13.6. The van der Waals surface area contributed by atoms with Gasteiger partial charge in [-0.2, -0.15) is 0 Å². The lowest BCUT2D eigenvalue weighted by molar-refractivity contribution is 0.621. The summed E-state index contributed by atoms with van der Waals surface area (Å²) in [7, 11) is 0. The molecular formula is C17H19FN2. The number of nitrogens with one attached hydrogen (secondary N) is 1. The van der Waals surface area contributed by atoms with Crippen LogP contribution in [0.4, 0.5) is 15.8 Å². The largest absolute Gasteiger partial charge is 0.341 e. The number of benzene rings is 2. The van der Waals surface area contributed by atoms with Crippen LogP contribution in [0.5, 0.6) is 0 Å². The highest BCUT2D eigenvalue weighted by Crippen LogP contribution is 2.36. The predicted octanol–water partition coefficient (Wildman–Crippen LogP) is 3.63. The molecule has 2 aromatic rings. The molecule has 0 atom stereocenters. The first kappa shape index (κ1) is 13.1. The summed E-state index contributed by atoms with van der Waals surface area (Å²) in [5, 5.41) is 3.29. The summed E-state index contributed by atoms with van der Waals surface area (Å²) in [6.07, 6.45) is 1.05. The van der Waals surface area contributed by atoms with Crippen LogP contribution in [-0.2, 0) is 13.0 Å². The van der Waals surface area contributed by atoms with E-state index in [2.05, 4.69) is 41.4 Å². The van der Waals surface area contributed by atoms with Crippen molar-refractivity contribution in [3.63, 3.8) is 0 Å². The van der Waals surface area contributed by atoms with Gasteiger partial charge >= 0.3 is 0 Å². The first-order valence-corrected chi connectivity index (χ1v) is 7.14. The molecule has 104 valence electrons. The number of hydrogen-bond acceptors (Lipinski definition) is 2. The van der Waals surface area contributed by atoms with Gasteiger partial charge in [-0.25, -0.2) is 4.39 Å². The second-order valence-electron chi connectivity index (χ2n) is 5.08. The summed E-state index contributed by atoms with van der Waals surface area (Å²) < 4.78 is 13.5. The van der Waals surface area contributed by atoms with Crippen LogP contribution < -0.4 is 10.2 Å². The van der Waals surface area contributed by atoms with Gasteiger partial charge in [0.25, 0.3) is 0 Å². The van der Waals surface area contributed by atoms with E-state index in [0.717, 1.165) is 30.8 Å². The van der Waals surface area contributed by atoms with Crippen LogP contribution in [0.3, 0.4) is 0 Å². The van der Waals surface area contributed by atoms with Crippen molar-refractivity contribution in [3.8, 4) is 0 Å². The van der Waals surface area contributed by atoms with Gasteiger partial charge in [0.05, 0.1) is 0 Å². The maximum absolute atomic E-state index is 13.5. The Bertz CT molecular complexity index is 610. The Hall–Kier alpha value is -1.87. The van der Waals surface area contributed by atoms with Gasteiger partial charge in [0, 0.05) is 24.5 Å². The number of hydrogen-bond donors (Lipinski definition) is 1. The molecule has 0 amide bonds. The molecule has 2 aromatic carbocycles. The molecule has 0 saturated carbocycles. The maximum Gasteiger partial charge on any atom is 0.123 e. The van der Waals surface area contributed by atoms with Crippen molar-refractivity contribution >= 4 is 11.4 Å². The van der Waals surface area contributed by atoms with E-state index in [1.165, 1.54) is 11.3 Å². The maximum atomic E-state index is 13.5. The van der Waals surface area contributed by atoms with Crippen LogP contribution in [0, 0.1) is 5.82 Å². The second-order valence-corrected chi connectivity index (χ2v) is 5.08. The highest BCUT2D eigenvalue weighted by Gasteiger charge is 2.21. The molecule has 0 fully saturated rings. The van der Waals surface area contributed by atoms with Crippen molar-refractivity contribution in [1.29, 1.82) is 0 Å². The Balaban J connectivity index is 1.98. The van der Waals surface area contributed by atoms with E-state index < -0.39 is 0 Å². The second kappa shape index (κ2) is 5.63. The Labute approximate surface area is 119 Å². The van der Waals surface area contributed by atoms with E-state index in [9.17, 15) is 4.39 Å². The highest BCUT2D eigenvalue weighted by atomic mass is 19.1. The number of halogens is 1. The van der Waals surface area contributed by atoms with Gasteiger partial charge < -0.3 is 10.2 Å². The summed E-state index contributed by atoms with van der Waals surface area (Å²) in [5.41, 5.74) is 4.74. The predicted molar refractivity (Wildman–Crippen MR) is 80.9 cm³/mol. The number of nitrogens with zero attached hydrogens (tertiary/aromatic N) is 1. The van der Waals surface area contributed by atoms with Crippen LogP contribution in [0.25, 0.3) is 0 Å². The van der Waals surface area contributed by atoms with Gasteiger partial charge in [-0.3, -0.25) is 0 Å². The molecule has 1 aliphatic rings. The van der Waals surface area contributed by atoms with Crippen molar-refractivity contribution in [3.05, 3.63) is 59.4 Å². The molecule has 1 heterocycles. The summed E-state index contributed by atoms with van der Waals surface area (Å²) >= 11 is 0. The van der Waals surface area contributed by atoms with Crippen LogP contribution in [-0.4, -0.2) is 13.1 Å². The molecule has 0 aromatic heterocycles. The van der Waals surface area contributed by atoms with Crippen LogP contribution in [0.1, 0.15) is 18.1 Å². The van der Waals surface area contributed by atoms with Crippen LogP contribution in [0.2, 0.25) is 0 Å². The zero-order valence-electron chi connectivity index (χ0n) is 11.7. The third-order valence-electron chi connectivity index (χ3n) is 3.78. The van der Waals surface area contributed by atoms with E-state index in [0.29, 0.717) is 6.54 Å². The average Bonchev–Trinajstić information content (AvgIpc) is 2.89. The van der Waals surface area contributed by atoms with Crippen molar-refractivity contribution in [2.24, 2.45) is 0 Å². The molecule has 1 aliphatic heterocycles. The lowest BCUT2D eigenvalue weighted by Gasteiger charge is -2.23. The first-order valence-electron chi connectivity index (χ1n) is 7.14. The van der Waals surface area contributed by atoms with Crippen molar-refractivity contribution in [2.75, 3.05) is 18.0 Å². The van der Waals surface area contributed by atoms with E-state index in [1.54, 1.807) is 12.1 Å². The fourth-order valence-corrected chi connectivity index (χ4v) is 2.81. The molecule has 1 N–H and O–H groups in total. The van der Waals surface area contributed by atoms with Gasteiger partial charge in [0.15, 0.2) is 0 Å². The summed E-state index contributed by atoms with van der Waals surface area (Å²) in [5.74, 6) is -0.172. The van der Waals surface area contributed by atoms with Crippen LogP contribution in [0.15, 0.2) is 42.5 Å². The molecule has 0 saturated heterocycles. The molecule has 0 radical (unpaired) electrons. The topological polar surface area (TPSA) is 15.3 Å². The molecule has 2 nitrogen and oxygen atoms in total. The monoisotopic (exact) mass is 270 g/mol. The fourth-order valence-electron chi connectivity index (χ4n) is 2.81. The highest BCUT2D eigenvalue weighted by molar-refractivity contribution is 5.72. The minimum atomic E-state index is -0.172. The Kier molecular flexibility index (Phi) is 3.70. The third-order valence-corrected chi connectivity index (χ3v) is 3.78. The SMILES string of the molecule is CCNCc1cc(F)ccc1N1CCc2ccccc21. The lowest BCUT2D eigenvalue weighted by atomic mass is 10.1. The quantitative estimate of drug-likeness (QED) is 0.912. The zero-order valence-corrected chi connectivity index (χ0v) is 11.7. The minimum absolute atomic E-state index is 0.172. The molecule has 0 spiro atoms. The van der Waals surface area contributed by atoms with Crippen molar-refractivity contribution in [2.45, 2.75) is 19.9 Å². The number of para-hydroxylation sites is 1. The van der Waals surface area contributed by atoms with Gasteiger partial charge in [-0.1, -0.05) is 25.1 Å². The molecular weight excluding hydrogens is 251 g/mol. The standard InChI is InChI=1S/C17H19FN2/c1-2-19-12-14-11-15(18)7-8-17(14)20-10-9-13-5-3-4-6-16(13)20/h3-8,11,19H,2,9-10,12H2,1H3. The van der Waals surface area contributed by atoms with Crippen molar-refractivity contribution < 1.29 is 4.39 Å². The number of rotatable bonds is 4. The van der Waals surface area contributed by atoms with E-state index in [1.807, 2.05) is 6.07 Å². The van der Waals surface area contributed by atoms with Crippen molar-refractivity contribution in [1.82, 2.24) is 5.32 Å². The number of fused-ring (bicyclic) bond motifs is 1. The molecule has 0 unspecified atom stereocenters. The number of anilines is 2. The summed E-state index contributed by atoms with van der Waals surface area (Å²) in [6, 6.07) is 13.5. The van der Waals surface area contributed by atoms with Gasteiger partial charge in [0.2, 0.25) is 0 Å². The third kappa shape index (κ3) is 2.41. The summed E-state index contributed by atoms with van der Waals surface area (Å²) in [6.45, 7) is 4.60. The Morgan fingerprint density at radius 1 is 1.15 bits per heavy atom. The lowest BCUT2D eigenvalue weighted by Crippen LogP contribution is -2.19. The average molecular weight is 270 g/mol. The van der Waals surface area contributed by atoms with E-state index in [4.69, 9.17) is 0 Å². The van der Waals surface area contributed by atoms with Gasteiger partial charge in [0.1, 0.15) is 5.82 Å². The zero-order chi connectivity index (χ0) is 13.9. The van der Waals surface area contributed by atoms with Gasteiger partial charge in [-0.05, 0) is 48.4 Å². The molecule has 3 heteroatoms. The summed E-state index contributed by atoms with van der Waals surface area (Å²) in [4.78, 5) is 2.29. The molecule has 3 rings (SSSR count). The first-order chi connectivity index (χ1) is 9.79. The molecule has 0 aliphatic carbocycles. The fraction of sp³-hybridized carbons (Fsp3) is 0.294. The smallest absolute Gasteiger partial charge is 0.123 e. The van der Waals surface area contributed by atoms with Crippen LogP contribution >= 0.6 is 0 Å². The molecule has 20 heavy (non-hydrogen) atoms. The Morgan fingerprint density at radius 3 is 2.85 bits per heavy atom.